The predicted octanol–water partition coefficient (Wildman–Crippen LogP) is 2.73. The highest BCUT2D eigenvalue weighted by atomic mass is 35.5. The van der Waals surface area contributed by atoms with Crippen LogP contribution in [0.25, 0.3) is 0 Å². The Labute approximate surface area is 105 Å². The van der Waals surface area contributed by atoms with Crippen LogP contribution < -0.4 is 0 Å². The summed E-state index contributed by atoms with van der Waals surface area (Å²) in [4.78, 5) is 11.6. The first-order valence-electron chi connectivity index (χ1n) is 5.47. The zero-order valence-corrected chi connectivity index (χ0v) is 10.3. The van der Waals surface area contributed by atoms with Crippen molar-refractivity contribution in [3.05, 3.63) is 46.4 Å². The Morgan fingerprint density at radius 3 is 2.71 bits per heavy atom. The van der Waals surface area contributed by atoms with Gasteiger partial charge in [-0.2, -0.15) is 0 Å². The third-order valence-corrected chi connectivity index (χ3v) is 2.74. The van der Waals surface area contributed by atoms with Crippen LogP contribution in [0, 0.1) is 0 Å². The predicted molar refractivity (Wildman–Crippen MR) is 64.8 cm³/mol. The molecular formula is C13H13ClO3. The maximum Gasteiger partial charge on any atom is 0.287 e. The van der Waals surface area contributed by atoms with E-state index in [1.54, 1.807) is 12.1 Å². The lowest BCUT2D eigenvalue weighted by atomic mass is 10.0. The van der Waals surface area contributed by atoms with Gasteiger partial charge in [0.1, 0.15) is 0 Å². The Morgan fingerprint density at radius 2 is 2.06 bits per heavy atom. The van der Waals surface area contributed by atoms with Crippen LogP contribution in [0.3, 0.4) is 0 Å². The van der Waals surface area contributed by atoms with E-state index in [0.717, 1.165) is 5.56 Å². The molecule has 0 saturated carbocycles. The lowest BCUT2D eigenvalue weighted by Gasteiger charge is -2.05. The lowest BCUT2D eigenvalue weighted by molar-refractivity contribution is -0.117. The van der Waals surface area contributed by atoms with Crippen LogP contribution in [-0.2, 0) is 20.7 Å². The van der Waals surface area contributed by atoms with Crippen LogP contribution in [0.1, 0.15) is 12.5 Å². The molecule has 0 radical (unpaired) electrons. The van der Waals surface area contributed by atoms with Gasteiger partial charge in [0.05, 0.1) is 12.2 Å². The number of halogens is 1. The SMILES string of the molecule is CCOC1=C(Cc2ccc(Cl)cc2)C(=O)CO1. The summed E-state index contributed by atoms with van der Waals surface area (Å²) in [5.41, 5.74) is 1.62. The number of hydrogen-bond acceptors (Lipinski definition) is 3. The van der Waals surface area contributed by atoms with E-state index in [4.69, 9.17) is 21.1 Å². The Hall–Kier alpha value is -1.48. The quantitative estimate of drug-likeness (QED) is 0.827. The van der Waals surface area contributed by atoms with E-state index in [-0.39, 0.29) is 12.4 Å². The summed E-state index contributed by atoms with van der Waals surface area (Å²) in [7, 11) is 0. The molecule has 1 aromatic rings. The molecule has 1 heterocycles. The van der Waals surface area contributed by atoms with Gasteiger partial charge >= 0.3 is 0 Å². The van der Waals surface area contributed by atoms with E-state index < -0.39 is 0 Å². The number of carbonyl (C=O) groups is 1. The summed E-state index contributed by atoms with van der Waals surface area (Å²) >= 11 is 5.81. The van der Waals surface area contributed by atoms with E-state index in [2.05, 4.69) is 0 Å². The summed E-state index contributed by atoms with van der Waals surface area (Å²) in [6.45, 7) is 2.43. The van der Waals surface area contributed by atoms with Gasteiger partial charge in [-0.1, -0.05) is 23.7 Å². The van der Waals surface area contributed by atoms with Gasteiger partial charge in [-0.15, -0.1) is 0 Å². The molecule has 0 saturated heterocycles. The molecule has 0 aromatic heterocycles. The fourth-order valence-electron chi connectivity index (χ4n) is 1.66. The highest BCUT2D eigenvalue weighted by molar-refractivity contribution is 6.30. The minimum atomic E-state index is -0.0107. The highest BCUT2D eigenvalue weighted by Gasteiger charge is 2.26. The van der Waals surface area contributed by atoms with Crippen LogP contribution in [0.2, 0.25) is 5.02 Å². The van der Waals surface area contributed by atoms with Crippen molar-refractivity contribution in [2.45, 2.75) is 13.3 Å². The van der Waals surface area contributed by atoms with Crippen molar-refractivity contribution in [2.24, 2.45) is 0 Å². The summed E-state index contributed by atoms with van der Waals surface area (Å²) in [6, 6.07) is 7.39. The molecule has 1 aromatic carbocycles. The molecule has 3 nitrogen and oxygen atoms in total. The molecule has 0 fully saturated rings. The average molecular weight is 253 g/mol. The maximum atomic E-state index is 11.6. The van der Waals surface area contributed by atoms with Crippen molar-refractivity contribution in [1.82, 2.24) is 0 Å². The second-order valence-electron chi connectivity index (χ2n) is 3.71. The molecule has 0 atom stereocenters. The molecule has 4 heteroatoms. The Balaban J connectivity index is 2.18. The standard InChI is InChI=1S/C13H13ClO3/c1-2-16-13-11(12(15)8-17-13)7-9-3-5-10(14)6-4-9/h3-6H,2,7-8H2,1H3. The van der Waals surface area contributed by atoms with Gasteiger partial charge in [0.2, 0.25) is 5.78 Å². The molecule has 0 unspecified atom stereocenters. The van der Waals surface area contributed by atoms with Crippen LogP contribution in [0.15, 0.2) is 35.8 Å². The van der Waals surface area contributed by atoms with Crippen molar-refractivity contribution < 1.29 is 14.3 Å². The first kappa shape index (κ1) is 12.0. The summed E-state index contributed by atoms with van der Waals surface area (Å²) in [5.74, 6) is 0.357. The molecule has 2 rings (SSSR count). The van der Waals surface area contributed by atoms with Crippen molar-refractivity contribution in [2.75, 3.05) is 13.2 Å². The molecule has 1 aliphatic heterocycles. The minimum Gasteiger partial charge on any atom is -0.465 e. The highest BCUT2D eigenvalue weighted by Crippen LogP contribution is 2.22. The minimum absolute atomic E-state index is 0.0107. The molecule has 0 amide bonds. The number of rotatable bonds is 4. The second kappa shape index (κ2) is 5.23. The van der Waals surface area contributed by atoms with Gasteiger partial charge in [-0.3, -0.25) is 4.79 Å². The first-order valence-corrected chi connectivity index (χ1v) is 5.85. The van der Waals surface area contributed by atoms with E-state index in [0.29, 0.717) is 29.6 Å². The van der Waals surface area contributed by atoms with E-state index in [1.165, 1.54) is 0 Å². The largest absolute Gasteiger partial charge is 0.465 e. The number of hydrogen-bond donors (Lipinski definition) is 0. The maximum absolute atomic E-state index is 11.6. The Bertz CT molecular complexity index is 448. The molecular weight excluding hydrogens is 240 g/mol. The molecule has 0 N–H and O–H groups in total. The summed E-state index contributed by atoms with van der Waals surface area (Å²) in [5, 5.41) is 0.682. The molecule has 0 bridgehead atoms. The third kappa shape index (κ3) is 2.80. The fourth-order valence-corrected chi connectivity index (χ4v) is 1.78. The normalized spacial score (nSPS) is 15.1. The number of benzene rings is 1. The van der Waals surface area contributed by atoms with Gasteiger partial charge in [0, 0.05) is 11.4 Å². The number of ketones is 1. The third-order valence-electron chi connectivity index (χ3n) is 2.49. The molecule has 17 heavy (non-hydrogen) atoms. The molecule has 90 valence electrons. The Morgan fingerprint density at radius 1 is 1.35 bits per heavy atom. The molecule has 0 aliphatic carbocycles. The topological polar surface area (TPSA) is 35.5 Å². The van der Waals surface area contributed by atoms with Crippen LogP contribution in [0.5, 0.6) is 0 Å². The second-order valence-corrected chi connectivity index (χ2v) is 4.15. The smallest absolute Gasteiger partial charge is 0.287 e. The summed E-state index contributed by atoms with van der Waals surface area (Å²) < 4.78 is 10.5. The van der Waals surface area contributed by atoms with Crippen LogP contribution in [0.4, 0.5) is 0 Å². The van der Waals surface area contributed by atoms with Crippen LogP contribution >= 0.6 is 11.6 Å². The molecule has 0 spiro atoms. The van der Waals surface area contributed by atoms with Crippen molar-refractivity contribution in [1.29, 1.82) is 0 Å². The zero-order valence-electron chi connectivity index (χ0n) is 9.53. The average Bonchev–Trinajstić information content (AvgIpc) is 2.65. The Kier molecular flexibility index (Phi) is 3.69. The lowest BCUT2D eigenvalue weighted by Crippen LogP contribution is -2.04. The number of Topliss-reactive ketones (excluding diaryl/α,β-unsaturated/α-hetero) is 1. The van der Waals surface area contributed by atoms with Gasteiger partial charge in [0.15, 0.2) is 6.61 Å². The van der Waals surface area contributed by atoms with Crippen molar-refractivity contribution in [3.8, 4) is 0 Å². The number of carbonyl (C=O) groups excluding carboxylic acids is 1. The van der Waals surface area contributed by atoms with Crippen molar-refractivity contribution >= 4 is 17.4 Å². The van der Waals surface area contributed by atoms with Gasteiger partial charge in [-0.05, 0) is 24.6 Å². The molecule has 1 aliphatic rings. The monoisotopic (exact) mass is 252 g/mol. The number of ether oxygens (including phenoxy) is 2. The van der Waals surface area contributed by atoms with Crippen molar-refractivity contribution in [3.63, 3.8) is 0 Å². The zero-order chi connectivity index (χ0) is 12.3. The fraction of sp³-hybridized carbons (Fsp3) is 0.308. The summed E-state index contributed by atoms with van der Waals surface area (Å²) in [6.07, 6.45) is 0.519. The van der Waals surface area contributed by atoms with E-state index >= 15 is 0 Å². The van der Waals surface area contributed by atoms with Gasteiger partial charge < -0.3 is 9.47 Å². The van der Waals surface area contributed by atoms with Gasteiger partial charge in [0.25, 0.3) is 5.95 Å². The first-order chi connectivity index (χ1) is 8.20. The van der Waals surface area contributed by atoms with Crippen LogP contribution in [-0.4, -0.2) is 19.0 Å². The van der Waals surface area contributed by atoms with E-state index in [9.17, 15) is 4.79 Å². The van der Waals surface area contributed by atoms with E-state index in [1.807, 2.05) is 19.1 Å². The van der Waals surface area contributed by atoms with Gasteiger partial charge in [-0.25, -0.2) is 0 Å².